The van der Waals surface area contributed by atoms with Gasteiger partial charge in [0.2, 0.25) is 6.41 Å². The molecule has 1 heterocycles. The van der Waals surface area contributed by atoms with E-state index in [0.29, 0.717) is 24.5 Å². The smallest absolute Gasteiger partial charge is 0.328 e. The van der Waals surface area contributed by atoms with E-state index in [2.05, 4.69) is 32.0 Å². The van der Waals surface area contributed by atoms with Crippen molar-refractivity contribution in [1.29, 1.82) is 0 Å². The molecule has 0 saturated heterocycles. The van der Waals surface area contributed by atoms with E-state index >= 15 is 0 Å². The normalized spacial score (nSPS) is 13.4. The minimum absolute atomic E-state index is 0.0119. The summed E-state index contributed by atoms with van der Waals surface area (Å²) in [5, 5.41) is 17.4. The standard InChI is InChI=1S/C25H31ClN2O2.C4H4O4/c1-16(20-8-6-17(2)24(26)14-20)5-7-19(4)28(15-29)23-12-21-9-10-30-25(21)22(13-23)11-18(3)27;5-3(6)1-2-4(7)8/h6,8-10,12-16,18-19H,5,7,11,27H2,1-4H3;1-2H,(H,5,6)(H,7,8)/b;2-1+. The Hall–Kier alpha value is -3.62. The summed E-state index contributed by atoms with van der Waals surface area (Å²) in [7, 11) is 0. The molecule has 0 fully saturated rings. The Morgan fingerprint density at radius 1 is 1.05 bits per heavy atom. The van der Waals surface area contributed by atoms with Gasteiger partial charge in [0.15, 0.2) is 0 Å². The first-order valence-electron chi connectivity index (χ1n) is 12.3. The summed E-state index contributed by atoms with van der Waals surface area (Å²) in [5.41, 5.74) is 11.1. The number of rotatable bonds is 11. The van der Waals surface area contributed by atoms with Gasteiger partial charge in [-0.05, 0) is 86.9 Å². The summed E-state index contributed by atoms with van der Waals surface area (Å²) >= 11 is 6.29. The number of furan rings is 1. The van der Waals surface area contributed by atoms with Crippen molar-refractivity contribution in [2.45, 2.75) is 65.0 Å². The van der Waals surface area contributed by atoms with Gasteiger partial charge in [0, 0.05) is 40.3 Å². The van der Waals surface area contributed by atoms with Gasteiger partial charge in [0.25, 0.3) is 0 Å². The Morgan fingerprint density at radius 3 is 2.26 bits per heavy atom. The highest BCUT2D eigenvalue weighted by atomic mass is 35.5. The summed E-state index contributed by atoms with van der Waals surface area (Å²) in [6.45, 7) is 8.28. The number of aliphatic carboxylic acids is 2. The van der Waals surface area contributed by atoms with E-state index in [1.54, 1.807) is 6.26 Å². The van der Waals surface area contributed by atoms with Gasteiger partial charge < -0.3 is 25.3 Å². The van der Waals surface area contributed by atoms with Crippen LogP contribution < -0.4 is 10.6 Å². The molecular weight excluding hydrogens is 508 g/mol. The van der Waals surface area contributed by atoms with E-state index in [-0.39, 0.29) is 12.1 Å². The Kier molecular flexibility index (Phi) is 11.6. The van der Waals surface area contributed by atoms with Crippen LogP contribution in [0.4, 0.5) is 5.69 Å². The topological polar surface area (TPSA) is 134 Å². The number of nitrogens with two attached hydrogens (primary N) is 1. The molecule has 3 unspecified atom stereocenters. The molecule has 3 aromatic rings. The SMILES string of the molecule is Cc1ccc(C(C)CCC(C)N(C=O)c2cc(CC(C)N)c3occc3c2)cc1Cl.O=C(O)/C=C/C(=O)O. The first kappa shape index (κ1) is 30.6. The van der Waals surface area contributed by atoms with Crippen LogP contribution >= 0.6 is 11.6 Å². The van der Waals surface area contributed by atoms with Crippen molar-refractivity contribution in [3.05, 3.63) is 76.5 Å². The second-order valence-corrected chi connectivity index (χ2v) is 9.89. The first-order valence-corrected chi connectivity index (χ1v) is 12.7. The number of carboxylic acids is 2. The molecule has 0 spiro atoms. The fourth-order valence-corrected chi connectivity index (χ4v) is 4.25. The number of carbonyl (C=O) groups is 3. The fourth-order valence-electron chi connectivity index (χ4n) is 4.06. The summed E-state index contributed by atoms with van der Waals surface area (Å²) < 4.78 is 5.65. The molecule has 1 amide bonds. The largest absolute Gasteiger partial charge is 0.478 e. The fraction of sp³-hybridized carbons (Fsp3) is 0.345. The molecule has 3 atom stereocenters. The third kappa shape index (κ3) is 9.04. The average molecular weight is 543 g/mol. The van der Waals surface area contributed by atoms with Crippen LogP contribution in [0.1, 0.15) is 56.2 Å². The van der Waals surface area contributed by atoms with Gasteiger partial charge in [-0.25, -0.2) is 9.59 Å². The second-order valence-electron chi connectivity index (χ2n) is 9.48. The van der Waals surface area contributed by atoms with Crippen molar-refractivity contribution in [2.24, 2.45) is 5.73 Å². The molecule has 0 aliphatic rings. The van der Waals surface area contributed by atoms with E-state index in [1.807, 2.05) is 36.9 Å². The molecule has 9 heteroatoms. The van der Waals surface area contributed by atoms with Crippen LogP contribution in [0.25, 0.3) is 11.0 Å². The van der Waals surface area contributed by atoms with E-state index in [9.17, 15) is 14.4 Å². The summed E-state index contributed by atoms with van der Waals surface area (Å²) in [6, 6.07) is 12.3. The maximum atomic E-state index is 12.0. The van der Waals surface area contributed by atoms with Crippen molar-refractivity contribution in [3.8, 4) is 0 Å². The van der Waals surface area contributed by atoms with Crippen LogP contribution in [-0.2, 0) is 20.8 Å². The predicted molar refractivity (Wildman–Crippen MR) is 150 cm³/mol. The number of aryl methyl sites for hydroxylation is 1. The Morgan fingerprint density at radius 2 is 1.71 bits per heavy atom. The van der Waals surface area contributed by atoms with Gasteiger partial charge in [-0.15, -0.1) is 0 Å². The zero-order valence-corrected chi connectivity index (χ0v) is 22.8. The number of anilines is 1. The number of benzene rings is 2. The highest BCUT2D eigenvalue weighted by Crippen LogP contribution is 2.31. The number of amides is 1. The van der Waals surface area contributed by atoms with Crippen LogP contribution in [0.3, 0.4) is 0 Å². The van der Waals surface area contributed by atoms with Crippen molar-refractivity contribution in [3.63, 3.8) is 0 Å². The highest BCUT2D eigenvalue weighted by molar-refractivity contribution is 6.31. The number of hydrogen-bond acceptors (Lipinski definition) is 5. The number of nitrogens with zero attached hydrogens (tertiary/aromatic N) is 1. The average Bonchev–Trinajstić information content (AvgIpc) is 3.32. The summed E-state index contributed by atoms with van der Waals surface area (Å²) in [4.78, 5) is 32.9. The lowest BCUT2D eigenvalue weighted by atomic mass is 9.93. The van der Waals surface area contributed by atoms with Gasteiger partial charge in [0.1, 0.15) is 5.58 Å². The number of hydrogen-bond donors (Lipinski definition) is 3. The molecule has 0 bridgehead atoms. The molecular formula is C29H35ClN2O6. The minimum atomic E-state index is -1.26. The van der Waals surface area contributed by atoms with Gasteiger partial charge >= 0.3 is 11.9 Å². The molecule has 1 aromatic heterocycles. The highest BCUT2D eigenvalue weighted by Gasteiger charge is 2.19. The zero-order chi connectivity index (χ0) is 28.4. The Labute approximate surface area is 227 Å². The number of fused-ring (bicyclic) bond motifs is 1. The lowest BCUT2D eigenvalue weighted by molar-refractivity contribution is -0.134. The predicted octanol–water partition coefficient (Wildman–Crippen LogP) is 5.93. The van der Waals surface area contributed by atoms with Crippen LogP contribution in [0, 0.1) is 6.92 Å². The minimum Gasteiger partial charge on any atom is -0.478 e. The quantitative estimate of drug-likeness (QED) is 0.202. The van der Waals surface area contributed by atoms with E-state index in [4.69, 9.17) is 32.0 Å². The van der Waals surface area contributed by atoms with Gasteiger partial charge in [0.05, 0.1) is 6.26 Å². The molecule has 38 heavy (non-hydrogen) atoms. The summed E-state index contributed by atoms with van der Waals surface area (Å²) in [6.07, 6.45) is 6.27. The Bertz CT molecular complexity index is 1270. The van der Waals surface area contributed by atoms with Gasteiger partial charge in [-0.3, -0.25) is 4.79 Å². The maximum Gasteiger partial charge on any atom is 0.328 e. The second kappa shape index (κ2) is 14.4. The van der Waals surface area contributed by atoms with E-state index in [1.165, 1.54) is 5.56 Å². The van der Waals surface area contributed by atoms with Gasteiger partial charge in [-0.1, -0.05) is 30.7 Å². The third-order valence-corrected chi connectivity index (χ3v) is 6.60. The number of carbonyl (C=O) groups excluding carboxylic acids is 1. The Balaban J connectivity index is 0.000000550. The van der Waals surface area contributed by atoms with Gasteiger partial charge in [-0.2, -0.15) is 0 Å². The monoisotopic (exact) mass is 542 g/mol. The van der Waals surface area contributed by atoms with Crippen molar-refractivity contribution in [2.75, 3.05) is 4.90 Å². The van der Waals surface area contributed by atoms with Crippen LogP contribution in [-0.4, -0.2) is 40.6 Å². The number of carboxylic acid groups (broad SMARTS) is 2. The molecule has 0 aliphatic heterocycles. The number of halogens is 1. The lowest BCUT2D eigenvalue weighted by Gasteiger charge is -2.27. The molecule has 0 aliphatic carbocycles. The van der Waals surface area contributed by atoms with Crippen molar-refractivity contribution in [1.82, 2.24) is 0 Å². The molecule has 204 valence electrons. The van der Waals surface area contributed by atoms with E-state index in [0.717, 1.165) is 52.1 Å². The molecule has 3 rings (SSSR count). The van der Waals surface area contributed by atoms with Crippen molar-refractivity contribution < 1.29 is 29.0 Å². The first-order chi connectivity index (χ1) is 17.9. The van der Waals surface area contributed by atoms with Crippen LogP contribution in [0.15, 0.2) is 59.2 Å². The molecule has 8 nitrogen and oxygen atoms in total. The maximum absolute atomic E-state index is 12.0. The molecule has 0 saturated carbocycles. The lowest BCUT2D eigenvalue weighted by Crippen LogP contribution is -2.32. The molecule has 4 N–H and O–H groups in total. The molecule has 2 aromatic carbocycles. The zero-order valence-electron chi connectivity index (χ0n) is 22.1. The van der Waals surface area contributed by atoms with E-state index < -0.39 is 11.9 Å². The van der Waals surface area contributed by atoms with Crippen molar-refractivity contribution >= 4 is 46.6 Å². The molecule has 0 radical (unpaired) electrons. The van der Waals surface area contributed by atoms with Crippen LogP contribution in [0.2, 0.25) is 5.02 Å². The van der Waals surface area contributed by atoms with Crippen LogP contribution in [0.5, 0.6) is 0 Å². The summed E-state index contributed by atoms with van der Waals surface area (Å²) in [5.74, 6) is -2.15. The third-order valence-electron chi connectivity index (χ3n) is 6.19.